The molecule has 0 atom stereocenters. The maximum atomic E-state index is 13.2. The number of carbonyl (C=O) groups is 2. The van der Waals surface area contributed by atoms with Gasteiger partial charge in [-0.15, -0.1) is 29.3 Å². The molecule has 0 saturated heterocycles. The molecule has 9 aromatic rings. The lowest BCUT2D eigenvalue weighted by atomic mass is 9.86. The van der Waals surface area contributed by atoms with Gasteiger partial charge in [0.1, 0.15) is 33.7 Å². The Labute approximate surface area is 690 Å². The Kier molecular flexibility index (Phi) is 39.2. The quantitative estimate of drug-likeness (QED) is 0.0320. The van der Waals surface area contributed by atoms with Crippen LogP contribution in [0.4, 0.5) is 44.4 Å². The van der Waals surface area contributed by atoms with Gasteiger partial charge in [0.15, 0.2) is 0 Å². The number of hydrogen-bond donors (Lipinski definition) is 9. The largest absolute Gasteiger partial charge is 0.447 e. The highest BCUT2D eigenvalue weighted by Crippen LogP contribution is 2.42. The zero-order valence-corrected chi connectivity index (χ0v) is 73.3. The number of thiazole rings is 2. The highest BCUT2D eigenvalue weighted by atomic mass is 79.9. The molecule has 29 nitrogen and oxygen atoms in total. The van der Waals surface area contributed by atoms with E-state index in [1.807, 2.05) is 80.5 Å². The van der Waals surface area contributed by atoms with E-state index in [1.165, 1.54) is 40.6 Å². The zero-order valence-electron chi connectivity index (χ0n) is 66.9. The second kappa shape index (κ2) is 46.9. The van der Waals surface area contributed by atoms with Crippen molar-refractivity contribution in [3.8, 4) is 20.9 Å². The number of sulfonamides is 2. The summed E-state index contributed by atoms with van der Waals surface area (Å²) in [4.78, 5) is 75.4. The minimum absolute atomic E-state index is 0.0881. The molecule has 13 N–H and O–H groups in total. The first-order valence-corrected chi connectivity index (χ1v) is 43.2. The lowest BCUT2D eigenvalue weighted by Crippen LogP contribution is -2.38. The van der Waals surface area contributed by atoms with E-state index in [-0.39, 0.29) is 64.6 Å². The van der Waals surface area contributed by atoms with Crippen LogP contribution >= 0.6 is 54.5 Å². The molecule has 11 rings (SSSR count). The van der Waals surface area contributed by atoms with Crippen LogP contribution in [0.15, 0.2) is 148 Å². The number of nitrogens with zero attached hydrogens (tertiary/aromatic N) is 12. The second-order valence-electron chi connectivity index (χ2n) is 28.0. The van der Waals surface area contributed by atoms with Crippen molar-refractivity contribution in [2.24, 2.45) is 0 Å². The Morgan fingerprint density at radius 3 is 1.20 bits per heavy atom. The van der Waals surface area contributed by atoms with Crippen molar-refractivity contribution in [1.29, 1.82) is 0 Å². The first-order chi connectivity index (χ1) is 53.4. The van der Waals surface area contributed by atoms with Crippen molar-refractivity contribution in [3.05, 3.63) is 171 Å². The minimum atomic E-state index is -3.76. The molecule has 612 valence electrons. The lowest BCUT2D eigenvalue weighted by molar-refractivity contribution is 0.108. The molecule has 35 heteroatoms. The van der Waals surface area contributed by atoms with Crippen LogP contribution in [0, 0.1) is 0 Å². The number of benzene rings is 2. The summed E-state index contributed by atoms with van der Waals surface area (Å²) in [6.45, 7) is 36.9. The van der Waals surface area contributed by atoms with E-state index in [2.05, 4.69) is 158 Å². The molecule has 0 aliphatic heterocycles. The molecule has 0 radical (unpaired) electrons. The van der Waals surface area contributed by atoms with Crippen LogP contribution in [0.3, 0.4) is 0 Å². The Hall–Kier alpha value is -9.10. The van der Waals surface area contributed by atoms with E-state index in [9.17, 15) is 26.4 Å². The van der Waals surface area contributed by atoms with Gasteiger partial charge >= 0.3 is 12.2 Å². The highest BCUT2D eigenvalue weighted by molar-refractivity contribution is 9.10. The van der Waals surface area contributed by atoms with Crippen LogP contribution in [-0.4, -0.2) is 126 Å². The molecule has 7 aromatic heterocycles. The molecule has 2 amide bonds. The number of aromatic nitrogens is 12. The van der Waals surface area contributed by atoms with E-state index in [1.54, 1.807) is 94.0 Å². The number of rotatable bonds is 20. The third-order valence-electron chi connectivity index (χ3n) is 16.1. The zero-order chi connectivity index (χ0) is 83.7. The Balaban J connectivity index is 0.000000270. The average Bonchev–Trinajstić information content (AvgIpc) is 1.76. The summed E-state index contributed by atoms with van der Waals surface area (Å²) < 4.78 is 68.8. The number of ether oxygens (including phenoxy) is 2. The fraction of sp³-hybridized carbons (Fsp3) is 0.436. The monoisotopic (exact) mass is 1750 g/mol. The van der Waals surface area contributed by atoms with E-state index >= 15 is 0 Å². The van der Waals surface area contributed by atoms with Crippen LogP contribution in [0.25, 0.3) is 26.5 Å². The SMILES string of the molecule is C=C(C)C.C=C(C)c1cnc(N)cn1.CC(C)c1cnc(N)cn1.CC(C)c1cnc(N)cn1.CCNS(=O)(=O)c1cc(Br)ccc1-c1cnc(C2CCC(NC(=O)OC(C)C)CC2)s1.CCNS(=O)(=O)c1cc(Nc2cnc(C(C)C)cn2)ccc1-c1cnc(C2CCC(NC(=O)OC(C)C)CC2)s1.Nc1cnc(Br)cn1. The van der Waals surface area contributed by atoms with Gasteiger partial charge in [-0.3, -0.25) is 19.9 Å². The molecule has 2 aliphatic rings. The molecule has 0 unspecified atom stereocenters. The highest BCUT2D eigenvalue weighted by Gasteiger charge is 2.30. The maximum absolute atomic E-state index is 13.2. The molecular formula is C78H109Br2N21O8S4. The summed E-state index contributed by atoms with van der Waals surface area (Å²) in [5, 5.41) is 11.0. The third-order valence-corrected chi connectivity index (χ3v) is 22.5. The van der Waals surface area contributed by atoms with E-state index < -0.39 is 20.0 Å². The fourth-order valence-corrected chi connectivity index (χ4v) is 16.2. The Bertz CT molecular complexity index is 4590. The normalized spacial score (nSPS) is 15.1. The van der Waals surface area contributed by atoms with Gasteiger partial charge in [0.25, 0.3) is 0 Å². The lowest BCUT2D eigenvalue weighted by Gasteiger charge is -2.28. The van der Waals surface area contributed by atoms with Gasteiger partial charge < -0.3 is 48.4 Å². The molecule has 2 aliphatic carbocycles. The predicted molar refractivity (Wildman–Crippen MR) is 460 cm³/mol. The number of allylic oxidation sites excluding steroid dienone is 2. The van der Waals surface area contributed by atoms with E-state index in [0.717, 1.165) is 99.5 Å². The smallest absolute Gasteiger partial charge is 0.407 e. The number of amides is 2. The first-order valence-electron chi connectivity index (χ1n) is 37.0. The number of nitrogens with one attached hydrogen (secondary N) is 5. The van der Waals surface area contributed by atoms with Crippen molar-refractivity contribution < 1.29 is 35.9 Å². The van der Waals surface area contributed by atoms with Crippen LogP contribution in [0.2, 0.25) is 0 Å². The Morgan fingerprint density at radius 2 is 0.867 bits per heavy atom. The van der Waals surface area contributed by atoms with Crippen molar-refractivity contribution in [2.75, 3.05) is 41.3 Å². The summed E-state index contributed by atoms with van der Waals surface area (Å²) in [5.41, 5.74) is 28.8. The van der Waals surface area contributed by atoms with Crippen LogP contribution < -0.4 is 48.3 Å². The molecule has 2 fully saturated rings. The van der Waals surface area contributed by atoms with Gasteiger partial charge in [-0.25, -0.2) is 75.7 Å². The topological polar surface area (TPSA) is 440 Å². The van der Waals surface area contributed by atoms with E-state index in [4.69, 9.17) is 32.4 Å². The number of hydrogen-bond acceptors (Lipinski definition) is 27. The fourth-order valence-electron chi connectivity index (χ4n) is 10.5. The van der Waals surface area contributed by atoms with Gasteiger partial charge in [-0.05, 0) is 163 Å². The maximum Gasteiger partial charge on any atom is 0.407 e. The van der Waals surface area contributed by atoms with Gasteiger partial charge in [0.05, 0.1) is 127 Å². The van der Waals surface area contributed by atoms with Crippen LogP contribution in [0.1, 0.15) is 218 Å². The third kappa shape index (κ3) is 33.5. The second-order valence-corrected chi connectivity index (χ2v) is 35.3. The summed E-state index contributed by atoms with van der Waals surface area (Å²) in [6.07, 6.45) is 25.6. The molecule has 113 heavy (non-hydrogen) atoms. The number of anilines is 6. The van der Waals surface area contributed by atoms with Crippen LogP contribution in [-0.2, 0) is 29.5 Å². The standard InChI is InChI=1S/C28H38N6O4S2.C21H28BrN3O4S2.2C7H11N3.C7H9N3.C4H4BrN3.C4H8/c1-6-32-40(36,37)25-13-21(33-26-16-29-23(14-30-26)17(2)3)11-12-22(25)24-15-31-27(39-24)19-7-9-20(10-8-19)34-28(35)38-18(4)5;1-4-24-31(27,28)19-11-15(22)7-10-17(19)18-12-23-20(30-18)14-5-8-16(9-6-14)25-21(26)29-13(2)3;3*1-5(2)6-3-10-7(8)4-9-6;5-3-1-8-4(6)2-7-3;1-4(2)3/h11-20,32H,6-10H2,1-5H3,(H,30,33)(H,34,35);7,10-14,16,24H,4-6,8-9H2,1-3H3,(H,25,26);2*3-5H,1-2H3,(H2,8,10);3-4H,1H2,2H3,(H2,8,10);1-2H,(H2,6,8);1H2,2-3H3. The van der Waals surface area contributed by atoms with Crippen molar-refractivity contribution in [2.45, 2.75) is 219 Å². The summed E-state index contributed by atoms with van der Waals surface area (Å²) in [7, 11) is -7.37. The molecule has 2 aromatic carbocycles. The van der Waals surface area contributed by atoms with Crippen molar-refractivity contribution in [1.82, 2.24) is 79.9 Å². The minimum Gasteiger partial charge on any atom is -0.447 e. The number of carbonyl (C=O) groups excluding carboxylic acids is 2. The number of halogens is 2. The van der Waals surface area contributed by atoms with Crippen molar-refractivity contribution >= 4 is 127 Å². The van der Waals surface area contributed by atoms with Crippen molar-refractivity contribution in [3.63, 3.8) is 0 Å². The number of nitrogen functional groups attached to an aromatic ring is 4. The summed E-state index contributed by atoms with van der Waals surface area (Å²) in [6, 6.07) is 10.7. The van der Waals surface area contributed by atoms with Gasteiger partial charge in [0.2, 0.25) is 20.0 Å². The van der Waals surface area contributed by atoms with E-state index in [0.29, 0.717) is 79.3 Å². The van der Waals surface area contributed by atoms with Gasteiger partial charge in [0, 0.05) is 70.7 Å². The number of alkyl carbamates (subject to hydrolysis) is 2. The Morgan fingerprint density at radius 1 is 0.487 bits per heavy atom. The molecule has 0 spiro atoms. The van der Waals surface area contributed by atoms with Gasteiger partial charge in [-0.2, -0.15) is 0 Å². The summed E-state index contributed by atoms with van der Waals surface area (Å²) in [5.74, 6) is 4.05. The molecule has 0 bridgehead atoms. The molecule has 2 saturated carbocycles. The molecule has 7 heterocycles. The van der Waals surface area contributed by atoms with Crippen LogP contribution in [0.5, 0.6) is 0 Å². The van der Waals surface area contributed by atoms with Gasteiger partial charge in [-0.1, -0.05) is 95.6 Å². The molecular weight excluding hydrogens is 1650 g/mol. The predicted octanol–water partition coefficient (Wildman–Crippen LogP) is 16.8. The first kappa shape index (κ1) is 94.5. The summed E-state index contributed by atoms with van der Waals surface area (Å²) >= 11 is 9.55. The number of nitrogens with two attached hydrogens (primary N) is 4. The average molecular weight is 1760 g/mol.